The van der Waals surface area contributed by atoms with E-state index in [0.717, 1.165) is 32.4 Å². The Labute approximate surface area is 110 Å². The van der Waals surface area contributed by atoms with Gasteiger partial charge in [-0.15, -0.1) is 0 Å². The van der Waals surface area contributed by atoms with Gasteiger partial charge in [-0.2, -0.15) is 5.26 Å². The van der Waals surface area contributed by atoms with E-state index in [9.17, 15) is 4.79 Å². The Balaban J connectivity index is 2.34. The van der Waals surface area contributed by atoms with Gasteiger partial charge in [0.25, 0.3) is 0 Å². The molecule has 1 atom stereocenters. The van der Waals surface area contributed by atoms with E-state index < -0.39 is 0 Å². The molecule has 0 aromatic carbocycles. The van der Waals surface area contributed by atoms with E-state index in [1.807, 2.05) is 4.90 Å². The van der Waals surface area contributed by atoms with E-state index in [-0.39, 0.29) is 12.0 Å². The average Bonchev–Trinajstić information content (AvgIpc) is 2.84. The van der Waals surface area contributed by atoms with Crippen molar-refractivity contribution in [2.75, 3.05) is 19.7 Å². The quantitative estimate of drug-likeness (QED) is 0.699. The zero-order valence-corrected chi connectivity index (χ0v) is 11.5. The molecule has 18 heavy (non-hydrogen) atoms. The van der Waals surface area contributed by atoms with Crippen molar-refractivity contribution in [3.05, 3.63) is 0 Å². The van der Waals surface area contributed by atoms with Crippen molar-refractivity contribution < 1.29 is 9.53 Å². The number of nitrogens with zero attached hydrogens (tertiary/aromatic N) is 2. The normalized spacial score (nSPS) is 18.9. The fourth-order valence-electron chi connectivity index (χ4n) is 2.26. The van der Waals surface area contributed by atoms with Crippen LogP contribution in [0.1, 0.15) is 46.0 Å². The molecule has 1 aliphatic heterocycles. The smallest absolute Gasteiger partial charge is 0.222 e. The Morgan fingerprint density at radius 2 is 2.33 bits per heavy atom. The predicted molar refractivity (Wildman–Crippen MR) is 69.9 cm³/mol. The van der Waals surface area contributed by atoms with Crippen LogP contribution in [0.4, 0.5) is 0 Å². The lowest BCUT2D eigenvalue weighted by atomic mass is 10.1. The van der Waals surface area contributed by atoms with E-state index in [4.69, 9.17) is 10.00 Å². The minimum atomic E-state index is 0.162. The van der Waals surface area contributed by atoms with Crippen LogP contribution in [0.2, 0.25) is 0 Å². The number of nitriles is 1. The highest BCUT2D eigenvalue weighted by molar-refractivity contribution is 5.76. The van der Waals surface area contributed by atoms with Crippen LogP contribution in [0.5, 0.6) is 0 Å². The van der Waals surface area contributed by atoms with Gasteiger partial charge in [0.1, 0.15) is 0 Å². The predicted octanol–water partition coefficient (Wildman–Crippen LogP) is 2.34. The van der Waals surface area contributed by atoms with Gasteiger partial charge in [0.05, 0.1) is 18.6 Å². The third-order valence-electron chi connectivity index (χ3n) is 3.14. The Bertz CT molecular complexity index is 291. The largest absolute Gasteiger partial charge is 0.378 e. The molecular formula is C14H24N2O2. The van der Waals surface area contributed by atoms with Crippen LogP contribution >= 0.6 is 0 Å². The maximum atomic E-state index is 12.1. The van der Waals surface area contributed by atoms with E-state index in [1.54, 1.807) is 0 Å². The minimum Gasteiger partial charge on any atom is -0.378 e. The van der Waals surface area contributed by atoms with Gasteiger partial charge in [-0.25, -0.2) is 0 Å². The van der Waals surface area contributed by atoms with E-state index in [0.29, 0.717) is 25.3 Å². The standard InChI is InChI=1S/C14H24N2O2/c1-12(2)11-16(9-4-8-15)14(17)7-6-13-5-3-10-18-13/h12-13H,3-7,9-11H2,1-2H3. The summed E-state index contributed by atoms with van der Waals surface area (Å²) in [6.45, 7) is 6.31. The Hall–Kier alpha value is -1.08. The molecule has 0 N–H and O–H groups in total. The molecular weight excluding hydrogens is 228 g/mol. The van der Waals surface area contributed by atoms with Crippen molar-refractivity contribution in [2.45, 2.75) is 52.1 Å². The Morgan fingerprint density at radius 3 is 2.89 bits per heavy atom. The van der Waals surface area contributed by atoms with Crippen molar-refractivity contribution in [3.8, 4) is 6.07 Å². The molecule has 1 aliphatic rings. The molecule has 0 aromatic rings. The first-order chi connectivity index (χ1) is 8.63. The third kappa shape index (κ3) is 5.50. The number of ether oxygens (including phenoxy) is 1. The number of rotatable bonds is 7. The molecule has 102 valence electrons. The molecule has 0 spiro atoms. The minimum absolute atomic E-state index is 0.162. The molecule has 0 radical (unpaired) electrons. The van der Waals surface area contributed by atoms with Gasteiger partial charge in [-0.05, 0) is 25.2 Å². The van der Waals surface area contributed by atoms with Crippen LogP contribution in [-0.4, -0.2) is 36.6 Å². The fraction of sp³-hybridized carbons (Fsp3) is 0.857. The van der Waals surface area contributed by atoms with Gasteiger partial charge in [-0.1, -0.05) is 13.8 Å². The lowest BCUT2D eigenvalue weighted by molar-refractivity contribution is -0.132. The summed E-state index contributed by atoms with van der Waals surface area (Å²) in [6, 6.07) is 2.10. The van der Waals surface area contributed by atoms with Crippen molar-refractivity contribution in [3.63, 3.8) is 0 Å². The van der Waals surface area contributed by atoms with Crippen molar-refractivity contribution in [1.82, 2.24) is 4.90 Å². The van der Waals surface area contributed by atoms with Crippen LogP contribution in [-0.2, 0) is 9.53 Å². The summed E-state index contributed by atoms with van der Waals surface area (Å²) in [4.78, 5) is 13.9. The molecule has 4 nitrogen and oxygen atoms in total. The molecule has 1 rings (SSSR count). The Morgan fingerprint density at radius 1 is 1.56 bits per heavy atom. The summed E-state index contributed by atoms with van der Waals surface area (Å²) in [5.41, 5.74) is 0. The number of amides is 1. The van der Waals surface area contributed by atoms with E-state index >= 15 is 0 Å². The first kappa shape index (κ1) is 15.0. The fourth-order valence-corrected chi connectivity index (χ4v) is 2.26. The van der Waals surface area contributed by atoms with E-state index in [1.165, 1.54) is 0 Å². The SMILES string of the molecule is CC(C)CN(CCC#N)C(=O)CCC1CCCO1. The zero-order chi connectivity index (χ0) is 13.4. The Kier molecular flexibility index (Phi) is 6.74. The highest BCUT2D eigenvalue weighted by Gasteiger charge is 2.19. The third-order valence-corrected chi connectivity index (χ3v) is 3.14. The van der Waals surface area contributed by atoms with Gasteiger partial charge in [0, 0.05) is 26.1 Å². The van der Waals surface area contributed by atoms with Gasteiger partial charge in [0.15, 0.2) is 0 Å². The molecule has 0 bridgehead atoms. The molecule has 1 fully saturated rings. The number of carbonyl (C=O) groups is 1. The summed E-state index contributed by atoms with van der Waals surface area (Å²) in [7, 11) is 0. The molecule has 4 heteroatoms. The monoisotopic (exact) mass is 252 g/mol. The molecule has 1 heterocycles. The van der Waals surface area contributed by atoms with Gasteiger partial charge in [-0.3, -0.25) is 4.79 Å². The zero-order valence-electron chi connectivity index (χ0n) is 11.5. The summed E-state index contributed by atoms with van der Waals surface area (Å²) in [5.74, 6) is 0.602. The maximum absolute atomic E-state index is 12.1. The summed E-state index contributed by atoms with van der Waals surface area (Å²) in [6.07, 6.45) is 4.24. The first-order valence-corrected chi connectivity index (χ1v) is 6.89. The molecule has 0 saturated carbocycles. The summed E-state index contributed by atoms with van der Waals surface area (Å²) < 4.78 is 5.52. The molecule has 1 amide bonds. The molecule has 1 unspecified atom stereocenters. The average molecular weight is 252 g/mol. The second kappa shape index (κ2) is 8.10. The van der Waals surface area contributed by atoms with Gasteiger partial charge < -0.3 is 9.64 Å². The van der Waals surface area contributed by atoms with E-state index in [2.05, 4.69) is 19.9 Å². The molecule has 0 aliphatic carbocycles. The van der Waals surface area contributed by atoms with Crippen LogP contribution in [0.15, 0.2) is 0 Å². The van der Waals surface area contributed by atoms with Crippen molar-refractivity contribution in [2.24, 2.45) is 5.92 Å². The summed E-state index contributed by atoms with van der Waals surface area (Å²) >= 11 is 0. The first-order valence-electron chi connectivity index (χ1n) is 6.89. The summed E-state index contributed by atoms with van der Waals surface area (Å²) in [5, 5.41) is 8.63. The van der Waals surface area contributed by atoms with Crippen LogP contribution in [0.3, 0.4) is 0 Å². The topological polar surface area (TPSA) is 53.3 Å². The molecule has 1 saturated heterocycles. The lowest BCUT2D eigenvalue weighted by Crippen LogP contribution is -2.35. The van der Waals surface area contributed by atoms with Gasteiger partial charge in [0.2, 0.25) is 5.91 Å². The van der Waals surface area contributed by atoms with Crippen LogP contribution in [0.25, 0.3) is 0 Å². The van der Waals surface area contributed by atoms with Gasteiger partial charge >= 0.3 is 0 Å². The number of carbonyl (C=O) groups excluding carboxylic acids is 1. The second-order valence-corrected chi connectivity index (χ2v) is 5.32. The second-order valence-electron chi connectivity index (χ2n) is 5.32. The van der Waals surface area contributed by atoms with Crippen LogP contribution < -0.4 is 0 Å². The highest BCUT2D eigenvalue weighted by Crippen LogP contribution is 2.17. The number of hydrogen-bond donors (Lipinski definition) is 0. The molecule has 0 aromatic heterocycles. The number of hydrogen-bond acceptors (Lipinski definition) is 3. The van der Waals surface area contributed by atoms with Crippen molar-refractivity contribution >= 4 is 5.91 Å². The maximum Gasteiger partial charge on any atom is 0.222 e. The highest BCUT2D eigenvalue weighted by atomic mass is 16.5. The van der Waals surface area contributed by atoms with Crippen molar-refractivity contribution in [1.29, 1.82) is 5.26 Å². The lowest BCUT2D eigenvalue weighted by Gasteiger charge is -2.24. The van der Waals surface area contributed by atoms with Crippen LogP contribution in [0, 0.1) is 17.2 Å².